The SMILES string of the molecule is CSc1cccc(NC(=O)CN2C(=O)S/C(=C/c3cc(Br)ccc3OCc3ccccc3Cl)C2=O)c1. The highest BCUT2D eigenvalue weighted by molar-refractivity contribution is 9.10. The minimum Gasteiger partial charge on any atom is -0.488 e. The van der Waals surface area contributed by atoms with Gasteiger partial charge in [-0.1, -0.05) is 51.8 Å². The van der Waals surface area contributed by atoms with Gasteiger partial charge in [0.05, 0.1) is 4.91 Å². The summed E-state index contributed by atoms with van der Waals surface area (Å²) in [6.45, 7) is -0.138. The minimum atomic E-state index is -0.532. The highest BCUT2D eigenvalue weighted by atomic mass is 79.9. The van der Waals surface area contributed by atoms with Crippen LogP contribution in [0, 0.1) is 0 Å². The average molecular weight is 604 g/mol. The molecule has 1 N–H and O–H groups in total. The van der Waals surface area contributed by atoms with E-state index in [2.05, 4.69) is 21.2 Å². The third kappa shape index (κ3) is 6.53. The zero-order valence-electron chi connectivity index (χ0n) is 19.0. The van der Waals surface area contributed by atoms with Gasteiger partial charge in [0, 0.05) is 31.2 Å². The molecule has 1 aliphatic heterocycles. The number of imide groups is 1. The Labute approximate surface area is 230 Å². The van der Waals surface area contributed by atoms with Crippen LogP contribution in [-0.4, -0.2) is 34.8 Å². The summed E-state index contributed by atoms with van der Waals surface area (Å²) in [5.41, 5.74) is 2.03. The number of carbonyl (C=O) groups excluding carboxylic acids is 3. The minimum absolute atomic E-state index is 0.206. The molecule has 0 saturated carbocycles. The summed E-state index contributed by atoms with van der Waals surface area (Å²) in [6.07, 6.45) is 3.53. The van der Waals surface area contributed by atoms with Gasteiger partial charge in [-0.3, -0.25) is 19.3 Å². The van der Waals surface area contributed by atoms with Crippen LogP contribution in [0.15, 0.2) is 81.0 Å². The smallest absolute Gasteiger partial charge is 0.294 e. The molecule has 0 aromatic heterocycles. The number of hydrogen-bond donors (Lipinski definition) is 1. The number of nitrogens with one attached hydrogen (secondary N) is 1. The van der Waals surface area contributed by atoms with Gasteiger partial charge in [-0.2, -0.15) is 0 Å². The third-order valence-corrected chi connectivity index (χ3v) is 7.62. The van der Waals surface area contributed by atoms with Gasteiger partial charge in [0.2, 0.25) is 5.91 Å². The van der Waals surface area contributed by atoms with Gasteiger partial charge in [0.1, 0.15) is 18.9 Å². The average Bonchev–Trinajstić information content (AvgIpc) is 3.11. The summed E-state index contributed by atoms with van der Waals surface area (Å²) in [7, 11) is 0. The molecule has 3 amide bonds. The van der Waals surface area contributed by atoms with E-state index < -0.39 is 17.1 Å². The van der Waals surface area contributed by atoms with E-state index in [-0.39, 0.29) is 18.1 Å². The molecule has 184 valence electrons. The van der Waals surface area contributed by atoms with Crippen LogP contribution in [0.2, 0.25) is 5.02 Å². The molecule has 1 fully saturated rings. The maximum atomic E-state index is 13.0. The van der Waals surface area contributed by atoms with Crippen LogP contribution in [0.1, 0.15) is 11.1 Å². The molecule has 0 aliphatic carbocycles. The first-order valence-electron chi connectivity index (χ1n) is 10.7. The number of amides is 3. The second-order valence-corrected chi connectivity index (χ2v) is 10.8. The number of rotatable bonds is 8. The molecule has 1 heterocycles. The van der Waals surface area contributed by atoms with E-state index in [1.165, 1.54) is 0 Å². The van der Waals surface area contributed by atoms with Crippen molar-refractivity contribution in [2.75, 3.05) is 18.1 Å². The molecule has 0 unspecified atom stereocenters. The van der Waals surface area contributed by atoms with Crippen LogP contribution >= 0.6 is 51.1 Å². The molecule has 3 aromatic carbocycles. The molecule has 4 rings (SSSR count). The normalized spacial score (nSPS) is 14.4. The molecule has 3 aromatic rings. The van der Waals surface area contributed by atoms with Gasteiger partial charge in [0.15, 0.2) is 0 Å². The number of nitrogens with zero attached hydrogens (tertiary/aromatic N) is 1. The lowest BCUT2D eigenvalue weighted by molar-refractivity contribution is -0.127. The molecule has 1 aliphatic rings. The number of thioether (sulfide) groups is 2. The maximum Gasteiger partial charge on any atom is 0.294 e. The van der Waals surface area contributed by atoms with Crippen molar-refractivity contribution in [3.05, 3.63) is 92.3 Å². The number of ether oxygens (including phenoxy) is 1. The second kappa shape index (κ2) is 12.0. The standard InChI is InChI=1S/C26H20BrClN2O4S2/c1-35-20-7-4-6-19(13-20)29-24(31)14-30-25(32)23(36-26(30)33)12-17-11-18(27)9-10-22(17)34-15-16-5-2-3-8-21(16)28/h2-13H,14-15H2,1H3,(H,29,31)/b23-12+. The molecular formula is C26H20BrClN2O4S2. The lowest BCUT2D eigenvalue weighted by atomic mass is 10.1. The molecule has 0 atom stereocenters. The fourth-order valence-electron chi connectivity index (χ4n) is 3.36. The first kappa shape index (κ1) is 26.3. The molecule has 0 spiro atoms. The fourth-order valence-corrected chi connectivity index (χ4v) is 5.21. The zero-order valence-corrected chi connectivity index (χ0v) is 23.0. The molecular weight excluding hydrogens is 584 g/mol. The molecule has 0 bridgehead atoms. The van der Waals surface area contributed by atoms with Gasteiger partial charge in [-0.25, -0.2) is 0 Å². The van der Waals surface area contributed by atoms with E-state index in [1.807, 2.05) is 48.7 Å². The topological polar surface area (TPSA) is 75.7 Å². The van der Waals surface area contributed by atoms with Gasteiger partial charge < -0.3 is 10.1 Å². The number of anilines is 1. The predicted molar refractivity (Wildman–Crippen MR) is 149 cm³/mol. The second-order valence-electron chi connectivity index (χ2n) is 7.61. The molecule has 36 heavy (non-hydrogen) atoms. The van der Waals surface area contributed by atoms with Crippen LogP contribution in [0.3, 0.4) is 0 Å². The first-order valence-corrected chi connectivity index (χ1v) is 13.9. The van der Waals surface area contributed by atoms with E-state index in [4.69, 9.17) is 16.3 Å². The Balaban J connectivity index is 1.48. The van der Waals surface area contributed by atoms with Gasteiger partial charge in [-0.05, 0) is 66.6 Å². The highest BCUT2D eigenvalue weighted by Gasteiger charge is 2.36. The van der Waals surface area contributed by atoms with Crippen LogP contribution in [0.4, 0.5) is 10.5 Å². The van der Waals surface area contributed by atoms with Crippen molar-refractivity contribution in [1.82, 2.24) is 4.90 Å². The summed E-state index contributed by atoms with van der Waals surface area (Å²) in [5.74, 6) is -0.464. The monoisotopic (exact) mass is 602 g/mol. The molecule has 6 nitrogen and oxygen atoms in total. The largest absolute Gasteiger partial charge is 0.488 e. The quantitative estimate of drug-likeness (QED) is 0.219. The predicted octanol–water partition coefficient (Wildman–Crippen LogP) is 7.08. The molecule has 10 heteroatoms. The lowest BCUT2D eigenvalue weighted by Gasteiger charge is -2.13. The fraction of sp³-hybridized carbons (Fsp3) is 0.115. The van der Waals surface area contributed by atoms with Crippen molar-refractivity contribution in [1.29, 1.82) is 0 Å². The number of halogens is 2. The van der Waals surface area contributed by atoms with Crippen molar-refractivity contribution in [2.45, 2.75) is 11.5 Å². The van der Waals surface area contributed by atoms with Crippen molar-refractivity contribution >= 4 is 79.9 Å². The highest BCUT2D eigenvalue weighted by Crippen LogP contribution is 2.35. The Morgan fingerprint density at radius 2 is 1.94 bits per heavy atom. The van der Waals surface area contributed by atoms with E-state index >= 15 is 0 Å². The Morgan fingerprint density at radius 3 is 2.72 bits per heavy atom. The number of carbonyl (C=O) groups is 3. The van der Waals surface area contributed by atoms with Crippen molar-refractivity contribution in [2.24, 2.45) is 0 Å². The first-order chi connectivity index (χ1) is 17.3. The summed E-state index contributed by atoms with van der Waals surface area (Å²) in [4.78, 5) is 40.2. The van der Waals surface area contributed by atoms with E-state index in [1.54, 1.807) is 42.1 Å². The zero-order chi connectivity index (χ0) is 25.7. The number of hydrogen-bond acceptors (Lipinski definition) is 6. The van der Waals surface area contributed by atoms with E-state index in [0.29, 0.717) is 22.0 Å². The van der Waals surface area contributed by atoms with Gasteiger partial charge >= 0.3 is 0 Å². The molecule has 1 saturated heterocycles. The van der Waals surface area contributed by atoms with Crippen LogP contribution < -0.4 is 10.1 Å². The third-order valence-electron chi connectivity index (χ3n) is 5.13. The number of benzene rings is 3. The van der Waals surface area contributed by atoms with E-state index in [0.717, 1.165) is 31.6 Å². The summed E-state index contributed by atoms with van der Waals surface area (Å²) in [5, 5.41) is 2.83. The van der Waals surface area contributed by atoms with Gasteiger partial charge in [-0.15, -0.1) is 11.8 Å². The summed E-state index contributed by atoms with van der Waals surface area (Å²) in [6, 6.07) is 20.1. The Hall–Kier alpha value is -2.72. The van der Waals surface area contributed by atoms with E-state index in [9.17, 15) is 14.4 Å². The van der Waals surface area contributed by atoms with Crippen molar-refractivity contribution in [3.8, 4) is 5.75 Å². The Morgan fingerprint density at radius 1 is 1.14 bits per heavy atom. The van der Waals surface area contributed by atoms with Crippen molar-refractivity contribution in [3.63, 3.8) is 0 Å². The summed E-state index contributed by atoms with van der Waals surface area (Å²) < 4.78 is 6.76. The van der Waals surface area contributed by atoms with Crippen molar-refractivity contribution < 1.29 is 19.1 Å². The summed E-state index contributed by atoms with van der Waals surface area (Å²) >= 11 is 12.0. The maximum absolute atomic E-state index is 13.0. The molecule has 0 radical (unpaired) electrons. The van der Waals surface area contributed by atoms with Crippen LogP contribution in [0.5, 0.6) is 5.75 Å². The van der Waals surface area contributed by atoms with Gasteiger partial charge in [0.25, 0.3) is 11.1 Å². The lowest BCUT2D eigenvalue weighted by Crippen LogP contribution is -2.36. The van der Waals surface area contributed by atoms with Crippen LogP contribution in [0.25, 0.3) is 6.08 Å². The Bertz CT molecular complexity index is 1370. The van der Waals surface area contributed by atoms with Crippen LogP contribution in [-0.2, 0) is 16.2 Å². The Kier molecular flexibility index (Phi) is 8.79.